The van der Waals surface area contributed by atoms with Crippen LogP contribution in [0.2, 0.25) is 0 Å². The normalized spacial score (nSPS) is 22.6. The lowest BCUT2D eigenvalue weighted by molar-refractivity contribution is 0.0522. The number of nitrogens with zero attached hydrogens (tertiary/aromatic N) is 5. The zero-order chi connectivity index (χ0) is 21.3. The van der Waals surface area contributed by atoms with Gasteiger partial charge in [-0.3, -0.25) is 0 Å². The first-order valence-corrected chi connectivity index (χ1v) is 10.1. The molecule has 8 nitrogen and oxygen atoms in total. The van der Waals surface area contributed by atoms with Crippen LogP contribution in [0.15, 0.2) is 18.3 Å². The Hall–Kier alpha value is -2.59. The summed E-state index contributed by atoms with van der Waals surface area (Å²) in [7, 11) is 0. The monoisotopic (exact) mass is 420 g/mol. The summed E-state index contributed by atoms with van der Waals surface area (Å²) >= 11 is 0. The highest BCUT2D eigenvalue weighted by Gasteiger charge is 2.24. The van der Waals surface area contributed by atoms with Crippen LogP contribution in [-0.4, -0.2) is 66.6 Å². The van der Waals surface area contributed by atoms with Crippen LogP contribution >= 0.6 is 0 Å². The molecule has 2 aromatic heterocycles. The van der Waals surface area contributed by atoms with Crippen LogP contribution in [0.3, 0.4) is 0 Å². The van der Waals surface area contributed by atoms with Gasteiger partial charge in [0.1, 0.15) is 11.6 Å². The first kappa shape index (κ1) is 20.7. The number of nitrogens with two attached hydrogens (primary N) is 1. The van der Waals surface area contributed by atoms with Gasteiger partial charge in [0.2, 0.25) is 5.95 Å². The summed E-state index contributed by atoms with van der Waals surface area (Å²) in [4.78, 5) is 17.6. The number of anilines is 3. The molecule has 2 atom stereocenters. The molecule has 0 aliphatic carbocycles. The minimum atomic E-state index is -2.71. The quantitative estimate of drug-likeness (QED) is 0.807. The van der Waals surface area contributed by atoms with Crippen LogP contribution in [0.25, 0.3) is 11.3 Å². The average Bonchev–Trinajstić information content (AvgIpc) is 2.73. The fourth-order valence-corrected chi connectivity index (χ4v) is 3.71. The van der Waals surface area contributed by atoms with E-state index >= 15 is 0 Å². The molecule has 162 valence electrons. The van der Waals surface area contributed by atoms with Crippen molar-refractivity contribution in [3.05, 3.63) is 23.9 Å². The van der Waals surface area contributed by atoms with Gasteiger partial charge in [-0.25, -0.2) is 18.7 Å². The summed E-state index contributed by atoms with van der Waals surface area (Å²) in [5.74, 6) is 1.11. The van der Waals surface area contributed by atoms with Crippen LogP contribution in [-0.2, 0) is 9.47 Å². The van der Waals surface area contributed by atoms with Gasteiger partial charge in [0.05, 0.1) is 36.7 Å². The Morgan fingerprint density at radius 3 is 2.37 bits per heavy atom. The van der Waals surface area contributed by atoms with Crippen molar-refractivity contribution in [1.82, 2.24) is 15.0 Å². The number of nitrogen functional groups attached to an aromatic ring is 1. The molecule has 0 spiro atoms. The van der Waals surface area contributed by atoms with Crippen molar-refractivity contribution in [2.75, 3.05) is 54.9 Å². The molecule has 0 aromatic carbocycles. The fourth-order valence-electron chi connectivity index (χ4n) is 3.71. The lowest BCUT2D eigenvalue weighted by atomic mass is 10.1. The number of hydrogen-bond donors (Lipinski definition) is 1. The molecule has 2 aromatic rings. The Morgan fingerprint density at radius 1 is 1.03 bits per heavy atom. The van der Waals surface area contributed by atoms with Gasteiger partial charge in [-0.15, -0.1) is 0 Å². The average molecular weight is 420 g/mol. The van der Waals surface area contributed by atoms with Gasteiger partial charge in [-0.1, -0.05) is 0 Å². The maximum Gasteiger partial charge on any atom is 0.267 e. The molecule has 0 saturated carbocycles. The largest absolute Gasteiger partial charge is 0.383 e. The molecule has 0 bridgehead atoms. The number of rotatable bonds is 4. The Morgan fingerprint density at radius 2 is 1.70 bits per heavy atom. The number of pyridine rings is 1. The van der Waals surface area contributed by atoms with Crippen LogP contribution in [0.1, 0.15) is 25.8 Å². The first-order valence-electron chi connectivity index (χ1n) is 10.1. The zero-order valence-corrected chi connectivity index (χ0v) is 17.1. The summed E-state index contributed by atoms with van der Waals surface area (Å²) < 4.78 is 38.0. The molecule has 30 heavy (non-hydrogen) atoms. The van der Waals surface area contributed by atoms with Crippen molar-refractivity contribution < 1.29 is 18.3 Å². The zero-order valence-electron chi connectivity index (χ0n) is 17.1. The van der Waals surface area contributed by atoms with Crippen LogP contribution in [0, 0.1) is 0 Å². The molecule has 2 N–H and O–H groups in total. The van der Waals surface area contributed by atoms with Crippen molar-refractivity contribution in [3.8, 4) is 11.3 Å². The van der Waals surface area contributed by atoms with Gasteiger partial charge in [0, 0.05) is 44.0 Å². The molecule has 0 unspecified atom stereocenters. The summed E-state index contributed by atoms with van der Waals surface area (Å²) in [6, 6.07) is 3.17. The van der Waals surface area contributed by atoms with Crippen LogP contribution in [0.5, 0.6) is 0 Å². The number of morpholine rings is 2. The van der Waals surface area contributed by atoms with Crippen molar-refractivity contribution in [2.24, 2.45) is 0 Å². The molecule has 4 rings (SSSR count). The Labute approximate surface area is 174 Å². The van der Waals surface area contributed by atoms with Crippen LogP contribution < -0.4 is 15.5 Å². The van der Waals surface area contributed by atoms with E-state index in [4.69, 9.17) is 20.2 Å². The van der Waals surface area contributed by atoms with E-state index in [0.717, 1.165) is 5.82 Å². The van der Waals surface area contributed by atoms with Gasteiger partial charge < -0.3 is 25.0 Å². The number of ether oxygens (including phenoxy) is 2. The standard InChI is InChI=1S/C20H26F2N6O2/c1-12-10-27(3-5-29-12)17-8-16(14-7-15(18(21)22)19(23)24-9-14)25-20(26-17)28-4-6-30-13(2)11-28/h7-9,12-13,18H,3-6,10-11H2,1-2H3,(H2,23,24)/t12-,13-/m0/s1. The van der Waals surface area contributed by atoms with E-state index in [1.807, 2.05) is 19.9 Å². The maximum atomic E-state index is 13.4. The van der Waals surface area contributed by atoms with Crippen molar-refractivity contribution in [1.29, 1.82) is 0 Å². The fraction of sp³-hybridized carbons (Fsp3) is 0.550. The molecule has 2 aliphatic heterocycles. The molecule has 10 heteroatoms. The van der Waals surface area contributed by atoms with Crippen molar-refractivity contribution in [2.45, 2.75) is 32.5 Å². The summed E-state index contributed by atoms with van der Waals surface area (Å²) in [5.41, 5.74) is 6.34. The molecule has 2 saturated heterocycles. The second kappa shape index (κ2) is 8.65. The summed E-state index contributed by atoms with van der Waals surface area (Å²) in [6.07, 6.45) is -1.10. The third kappa shape index (κ3) is 4.44. The summed E-state index contributed by atoms with van der Waals surface area (Å²) in [6.45, 7) is 7.90. The second-order valence-corrected chi connectivity index (χ2v) is 7.67. The van der Waals surface area contributed by atoms with Crippen molar-refractivity contribution in [3.63, 3.8) is 0 Å². The number of aromatic nitrogens is 3. The lowest BCUT2D eigenvalue weighted by Gasteiger charge is -2.34. The smallest absolute Gasteiger partial charge is 0.267 e. The molecular formula is C20H26F2N6O2. The molecule has 2 aliphatic rings. The van der Waals surface area contributed by atoms with E-state index in [1.165, 1.54) is 12.3 Å². The molecule has 0 radical (unpaired) electrons. The van der Waals surface area contributed by atoms with Crippen LogP contribution in [0.4, 0.5) is 26.4 Å². The lowest BCUT2D eigenvalue weighted by Crippen LogP contribution is -2.43. The maximum absolute atomic E-state index is 13.4. The highest BCUT2D eigenvalue weighted by molar-refractivity contribution is 5.67. The van der Waals surface area contributed by atoms with E-state index in [9.17, 15) is 8.78 Å². The molecule has 4 heterocycles. The number of alkyl halides is 2. The van der Waals surface area contributed by atoms with E-state index in [2.05, 4.69) is 19.8 Å². The minimum Gasteiger partial charge on any atom is -0.383 e. The first-order chi connectivity index (χ1) is 14.4. The third-order valence-electron chi connectivity index (χ3n) is 5.27. The Balaban J connectivity index is 1.76. The topological polar surface area (TPSA) is 89.6 Å². The highest BCUT2D eigenvalue weighted by Crippen LogP contribution is 2.31. The van der Waals surface area contributed by atoms with Gasteiger partial charge >= 0.3 is 0 Å². The third-order valence-corrected chi connectivity index (χ3v) is 5.27. The molecule has 0 amide bonds. The minimum absolute atomic E-state index is 0.0569. The number of hydrogen-bond acceptors (Lipinski definition) is 8. The summed E-state index contributed by atoms with van der Waals surface area (Å²) in [5, 5.41) is 0. The van der Waals surface area contributed by atoms with Gasteiger partial charge in [0.15, 0.2) is 0 Å². The Kier molecular flexibility index (Phi) is 5.96. The van der Waals surface area contributed by atoms with Gasteiger partial charge in [0.25, 0.3) is 6.43 Å². The van der Waals surface area contributed by atoms with E-state index < -0.39 is 6.43 Å². The Bertz CT molecular complexity index is 859. The van der Waals surface area contributed by atoms with Gasteiger partial charge in [-0.2, -0.15) is 4.98 Å². The number of halogens is 2. The molecular weight excluding hydrogens is 394 g/mol. The van der Waals surface area contributed by atoms with Crippen molar-refractivity contribution >= 4 is 17.6 Å². The SMILES string of the molecule is C[C@H]1CN(c2cc(-c3cnc(N)c(C(F)F)c3)nc(N3CCO[C@@H](C)C3)n2)CCO1. The molecule has 2 fully saturated rings. The van der Waals surface area contributed by atoms with E-state index in [0.29, 0.717) is 56.6 Å². The highest BCUT2D eigenvalue weighted by atomic mass is 19.3. The predicted molar refractivity (Wildman–Crippen MR) is 110 cm³/mol. The van der Waals surface area contributed by atoms with E-state index in [-0.39, 0.29) is 23.6 Å². The van der Waals surface area contributed by atoms with E-state index in [1.54, 1.807) is 0 Å². The second-order valence-electron chi connectivity index (χ2n) is 7.67. The van der Waals surface area contributed by atoms with Gasteiger partial charge in [-0.05, 0) is 19.9 Å². The predicted octanol–water partition coefficient (Wildman–Crippen LogP) is 2.51.